The third-order valence-electron chi connectivity index (χ3n) is 13.7. The van der Waals surface area contributed by atoms with Crippen molar-refractivity contribution in [3.63, 3.8) is 0 Å². The third kappa shape index (κ3) is 3.96. The molecule has 0 bridgehead atoms. The molecule has 4 heteroatoms. The molecule has 13 rings (SSSR count). The first kappa shape index (κ1) is 33.0. The zero-order valence-electron chi connectivity index (χ0n) is 33.0. The molecule has 0 radical (unpaired) electrons. The summed E-state index contributed by atoms with van der Waals surface area (Å²) in [5.41, 5.74) is 22.5. The summed E-state index contributed by atoms with van der Waals surface area (Å²) in [6.07, 6.45) is 0. The van der Waals surface area contributed by atoms with Gasteiger partial charge in [0.2, 0.25) is 0 Å². The van der Waals surface area contributed by atoms with Crippen molar-refractivity contribution in [3.8, 4) is 22.3 Å². The summed E-state index contributed by atoms with van der Waals surface area (Å²) in [7, 11) is 0. The van der Waals surface area contributed by atoms with Gasteiger partial charge >= 0.3 is 350 Å². The first-order valence-corrected chi connectivity index (χ1v) is 24.3. The SMILES string of the molecule is CC1(C)c2ccccc2-c2cc3[c]4c(c21)N(c1ccccc1)c1[c]2c(cc5c1C(C)(C)c1ccccc1-5)N(c1ccccc1)c1cccc([c]1[Sb]42)N3c1ccccc1. The minimum atomic E-state index is -2.92. The standard InChI is InChI=1S/C54H40N3.Sb/c1-53(2)47-29-16-14-27-43(47)45-32-41-34-49(51(45)53)57(38-23-12-7-13-24-38)50-35-42(33-46-44-28-15-17-30-48(44)54(3,4)52(46)50)56(37-21-10-6-11-22-37)40-26-18-25-39(31-40)55(41)36-19-8-5-9-20-36;/h5-30,32-33H,1-4H3;. The van der Waals surface area contributed by atoms with Gasteiger partial charge in [-0.3, -0.25) is 0 Å². The molecule has 5 aliphatic rings. The van der Waals surface area contributed by atoms with E-state index in [-0.39, 0.29) is 10.8 Å². The number of benzene rings is 8. The quantitative estimate of drug-likeness (QED) is 0.164. The van der Waals surface area contributed by atoms with Crippen molar-refractivity contribution in [2.24, 2.45) is 0 Å². The van der Waals surface area contributed by atoms with Gasteiger partial charge in [-0.1, -0.05) is 0 Å². The van der Waals surface area contributed by atoms with Crippen LogP contribution in [0.15, 0.2) is 170 Å². The van der Waals surface area contributed by atoms with Crippen LogP contribution < -0.4 is 25.2 Å². The summed E-state index contributed by atoms with van der Waals surface area (Å²) >= 11 is -2.92. The molecule has 0 atom stereocenters. The van der Waals surface area contributed by atoms with Crippen LogP contribution in [0.2, 0.25) is 0 Å². The zero-order valence-corrected chi connectivity index (χ0v) is 35.5. The maximum atomic E-state index is 2.77. The summed E-state index contributed by atoms with van der Waals surface area (Å²) in [4.78, 5) is 7.99. The van der Waals surface area contributed by atoms with Crippen molar-refractivity contribution in [2.45, 2.75) is 38.5 Å². The molecule has 0 amide bonds. The van der Waals surface area contributed by atoms with E-state index in [2.05, 4.69) is 212 Å². The fraction of sp³-hybridized carbons (Fsp3) is 0.111. The Balaban J connectivity index is 1.28. The van der Waals surface area contributed by atoms with E-state index >= 15 is 0 Å². The normalized spacial score (nSPS) is 16.4. The van der Waals surface area contributed by atoms with E-state index < -0.39 is 20.2 Å². The molecule has 8 aromatic carbocycles. The van der Waals surface area contributed by atoms with Crippen LogP contribution in [0, 0.1) is 0 Å². The van der Waals surface area contributed by atoms with Crippen LogP contribution in [-0.4, -0.2) is 20.2 Å². The average molecular weight is 853 g/mol. The number of hydrogen-bond acceptors (Lipinski definition) is 3. The number of anilines is 9. The molecular formula is C54H40N3Sb. The molecule has 2 aliphatic carbocycles. The third-order valence-corrected chi connectivity index (χ3v) is 21.3. The molecule has 8 aromatic rings. The van der Waals surface area contributed by atoms with Crippen LogP contribution >= 0.6 is 0 Å². The second-order valence-electron chi connectivity index (χ2n) is 17.4. The Hall–Kier alpha value is -6.02. The van der Waals surface area contributed by atoms with Gasteiger partial charge < -0.3 is 0 Å². The molecular weight excluding hydrogens is 812 g/mol. The number of para-hydroxylation sites is 3. The Kier molecular flexibility index (Phi) is 6.45. The number of hydrogen-bond donors (Lipinski definition) is 0. The second-order valence-corrected chi connectivity index (χ2v) is 23.1. The molecule has 0 saturated heterocycles. The molecule has 0 unspecified atom stereocenters. The van der Waals surface area contributed by atoms with Crippen LogP contribution in [0.3, 0.4) is 0 Å². The second kappa shape index (κ2) is 11.3. The molecule has 0 spiro atoms. The van der Waals surface area contributed by atoms with Crippen molar-refractivity contribution in [3.05, 3.63) is 192 Å². The van der Waals surface area contributed by atoms with Crippen LogP contribution in [-0.2, 0) is 10.8 Å². The predicted molar refractivity (Wildman–Crippen MR) is 244 cm³/mol. The summed E-state index contributed by atoms with van der Waals surface area (Å²) in [6, 6.07) is 64.3. The first-order chi connectivity index (χ1) is 28.4. The summed E-state index contributed by atoms with van der Waals surface area (Å²) in [6.45, 7) is 9.90. The van der Waals surface area contributed by atoms with Gasteiger partial charge in [-0.15, -0.1) is 0 Å². The molecule has 3 aliphatic heterocycles. The zero-order chi connectivity index (χ0) is 38.7. The molecule has 0 fully saturated rings. The van der Waals surface area contributed by atoms with Gasteiger partial charge in [-0.05, 0) is 0 Å². The van der Waals surface area contributed by atoms with E-state index in [9.17, 15) is 0 Å². The Labute approximate surface area is 347 Å². The van der Waals surface area contributed by atoms with Crippen LogP contribution in [0.4, 0.5) is 51.2 Å². The molecule has 0 saturated carbocycles. The van der Waals surface area contributed by atoms with E-state index in [1.54, 1.807) is 10.5 Å². The molecule has 58 heavy (non-hydrogen) atoms. The van der Waals surface area contributed by atoms with Gasteiger partial charge in [-0.2, -0.15) is 0 Å². The van der Waals surface area contributed by atoms with Gasteiger partial charge in [0.25, 0.3) is 0 Å². The van der Waals surface area contributed by atoms with Crippen molar-refractivity contribution in [1.29, 1.82) is 0 Å². The van der Waals surface area contributed by atoms with Crippen molar-refractivity contribution < 1.29 is 0 Å². The molecule has 276 valence electrons. The van der Waals surface area contributed by atoms with Crippen molar-refractivity contribution in [2.75, 3.05) is 14.7 Å². The van der Waals surface area contributed by atoms with Crippen LogP contribution in [0.25, 0.3) is 22.3 Å². The Morgan fingerprint density at radius 3 is 1.16 bits per heavy atom. The van der Waals surface area contributed by atoms with E-state index in [0.717, 1.165) is 0 Å². The first-order valence-electron chi connectivity index (χ1n) is 20.5. The predicted octanol–water partition coefficient (Wildman–Crippen LogP) is 12.2. The summed E-state index contributed by atoms with van der Waals surface area (Å²) in [5, 5.41) is 0. The Morgan fingerprint density at radius 1 is 0.345 bits per heavy atom. The monoisotopic (exact) mass is 851 g/mol. The number of rotatable bonds is 3. The van der Waals surface area contributed by atoms with Crippen LogP contribution in [0.1, 0.15) is 49.9 Å². The van der Waals surface area contributed by atoms with Crippen molar-refractivity contribution >= 4 is 81.9 Å². The fourth-order valence-electron chi connectivity index (χ4n) is 11.4. The van der Waals surface area contributed by atoms with Gasteiger partial charge in [0.05, 0.1) is 0 Å². The van der Waals surface area contributed by atoms with Gasteiger partial charge in [0, 0.05) is 0 Å². The molecule has 0 N–H and O–H groups in total. The molecule has 0 aromatic heterocycles. The van der Waals surface area contributed by atoms with E-state index in [0.29, 0.717) is 0 Å². The molecule has 3 nitrogen and oxygen atoms in total. The molecule has 3 heterocycles. The van der Waals surface area contributed by atoms with Gasteiger partial charge in [0.15, 0.2) is 0 Å². The van der Waals surface area contributed by atoms with Gasteiger partial charge in [0.1, 0.15) is 0 Å². The van der Waals surface area contributed by atoms with Gasteiger partial charge in [-0.25, -0.2) is 0 Å². The fourth-order valence-corrected chi connectivity index (χ4v) is 20.2. The summed E-state index contributed by atoms with van der Waals surface area (Å²) in [5.74, 6) is 0. The maximum absolute atomic E-state index is 2.92. The van der Waals surface area contributed by atoms with E-state index in [1.165, 1.54) is 95.7 Å². The van der Waals surface area contributed by atoms with Crippen LogP contribution in [0.5, 0.6) is 0 Å². The number of fused-ring (bicyclic) bond motifs is 8. The minimum absolute atomic E-state index is 0.218. The van der Waals surface area contributed by atoms with Crippen molar-refractivity contribution in [1.82, 2.24) is 0 Å². The average Bonchev–Trinajstić information content (AvgIpc) is 3.63. The summed E-state index contributed by atoms with van der Waals surface area (Å²) < 4.78 is 4.70. The Bertz CT molecular complexity index is 2890. The Morgan fingerprint density at radius 2 is 0.724 bits per heavy atom. The van der Waals surface area contributed by atoms with E-state index in [4.69, 9.17) is 0 Å². The topological polar surface area (TPSA) is 9.72 Å². The number of nitrogens with zero attached hydrogens (tertiary/aromatic N) is 3. The van der Waals surface area contributed by atoms with E-state index in [1.807, 2.05) is 0 Å².